The van der Waals surface area contributed by atoms with Gasteiger partial charge in [0, 0.05) is 42.0 Å². The Morgan fingerprint density at radius 1 is 0.951 bits per heavy atom. The Kier molecular flexibility index (Phi) is 9.60. The van der Waals surface area contributed by atoms with Crippen LogP contribution >= 0.6 is 0 Å². The maximum Gasteiger partial charge on any atom is 0.261 e. The molecule has 0 spiro atoms. The topological polar surface area (TPSA) is 145 Å². The molecule has 0 aliphatic carbocycles. The zero-order chi connectivity index (χ0) is 29.4. The van der Waals surface area contributed by atoms with E-state index in [1.807, 2.05) is 31.2 Å². The number of benzene rings is 3. The number of hydrogen-bond acceptors (Lipinski definition) is 7. The van der Waals surface area contributed by atoms with E-state index in [-0.39, 0.29) is 11.5 Å². The minimum Gasteiger partial charge on any atom is -0.493 e. The summed E-state index contributed by atoms with van der Waals surface area (Å²) in [6.45, 7) is 2.99. The third-order valence-electron chi connectivity index (χ3n) is 6.54. The van der Waals surface area contributed by atoms with Crippen molar-refractivity contribution in [3.05, 3.63) is 93.3 Å². The van der Waals surface area contributed by atoms with Gasteiger partial charge >= 0.3 is 0 Å². The van der Waals surface area contributed by atoms with Gasteiger partial charge in [0.05, 0.1) is 19.2 Å². The molecule has 4 aromatic rings. The molecule has 41 heavy (non-hydrogen) atoms. The van der Waals surface area contributed by atoms with E-state index in [9.17, 15) is 14.4 Å². The molecule has 10 heteroatoms. The zero-order valence-corrected chi connectivity index (χ0v) is 23.3. The number of aromatic nitrogens is 1. The number of nitrogens with one attached hydrogen (secondary N) is 3. The van der Waals surface area contributed by atoms with Gasteiger partial charge in [-0.05, 0) is 67.3 Å². The SMILES string of the molecule is COCCOc1cc2cc(C(=O)Nc3cc(C(=O)NCCCc4cccc(N)c4)ccc3C)c(=O)[nH]c2cc1OC. The second-order valence-corrected chi connectivity index (χ2v) is 9.53. The highest BCUT2D eigenvalue weighted by Gasteiger charge is 2.17. The summed E-state index contributed by atoms with van der Waals surface area (Å²) in [5.74, 6) is 0.0371. The molecule has 1 heterocycles. The molecule has 0 saturated carbocycles. The number of anilines is 2. The summed E-state index contributed by atoms with van der Waals surface area (Å²) in [4.78, 5) is 41.5. The van der Waals surface area contributed by atoms with Crippen molar-refractivity contribution in [1.82, 2.24) is 10.3 Å². The van der Waals surface area contributed by atoms with Gasteiger partial charge < -0.3 is 35.6 Å². The van der Waals surface area contributed by atoms with Crippen LogP contribution < -0.4 is 31.4 Å². The van der Waals surface area contributed by atoms with Crippen LogP contribution in [-0.2, 0) is 11.2 Å². The largest absolute Gasteiger partial charge is 0.493 e. The second kappa shape index (κ2) is 13.5. The predicted molar refractivity (Wildman–Crippen MR) is 159 cm³/mol. The molecular weight excluding hydrogens is 524 g/mol. The molecule has 0 fully saturated rings. The maximum atomic E-state index is 13.2. The molecule has 1 aromatic heterocycles. The molecule has 10 nitrogen and oxygen atoms in total. The van der Waals surface area contributed by atoms with E-state index in [2.05, 4.69) is 15.6 Å². The molecule has 0 aliphatic heterocycles. The molecular formula is C31H34N4O6. The Morgan fingerprint density at radius 2 is 1.78 bits per heavy atom. The van der Waals surface area contributed by atoms with Crippen LogP contribution in [0.25, 0.3) is 10.9 Å². The first-order valence-electron chi connectivity index (χ1n) is 13.2. The van der Waals surface area contributed by atoms with E-state index in [0.717, 1.165) is 24.0 Å². The first kappa shape index (κ1) is 29.2. The molecule has 5 N–H and O–H groups in total. The molecule has 3 aromatic carbocycles. The van der Waals surface area contributed by atoms with Crippen LogP contribution in [0.4, 0.5) is 11.4 Å². The van der Waals surface area contributed by atoms with Crippen LogP contribution in [0.5, 0.6) is 11.5 Å². The van der Waals surface area contributed by atoms with Gasteiger partial charge in [0.1, 0.15) is 12.2 Å². The highest BCUT2D eigenvalue weighted by Crippen LogP contribution is 2.31. The lowest BCUT2D eigenvalue weighted by molar-refractivity contribution is 0.0951. The van der Waals surface area contributed by atoms with Crippen molar-refractivity contribution >= 4 is 34.1 Å². The average Bonchev–Trinajstić information content (AvgIpc) is 2.96. The van der Waals surface area contributed by atoms with E-state index in [4.69, 9.17) is 19.9 Å². The number of pyridine rings is 1. The fraction of sp³-hybridized carbons (Fsp3) is 0.258. The van der Waals surface area contributed by atoms with E-state index >= 15 is 0 Å². The molecule has 0 saturated heterocycles. The number of methoxy groups -OCH3 is 2. The lowest BCUT2D eigenvalue weighted by Crippen LogP contribution is -2.26. The number of nitrogen functional groups attached to an aromatic ring is 1. The summed E-state index contributed by atoms with van der Waals surface area (Å²) in [6, 6.07) is 17.5. The van der Waals surface area contributed by atoms with E-state index in [1.165, 1.54) is 13.2 Å². The van der Waals surface area contributed by atoms with Crippen molar-refractivity contribution < 1.29 is 23.8 Å². The van der Waals surface area contributed by atoms with Crippen molar-refractivity contribution in [2.45, 2.75) is 19.8 Å². The second-order valence-electron chi connectivity index (χ2n) is 9.53. The molecule has 0 bridgehead atoms. The molecule has 4 rings (SSSR count). The number of fused-ring (bicyclic) bond motifs is 1. The van der Waals surface area contributed by atoms with Crippen LogP contribution in [0, 0.1) is 6.92 Å². The summed E-state index contributed by atoms with van der Waals surface area (Å²) >= 11 is 0. The average molecular weight is 559 g/mol. The van der Waals surface area contributed by atoms with Gasteiger partial charge in [-0.1, -0.05) is 18.2 Å². The number of ether oxygens (including phenoxy) is 3. The predicted octanol–water partition coefficient (Wildman–Crippen LogP) is 4.07. The van der Waals surface area contributed by atoms with Crippen molar-refractivity contribution in [3.63, 3.8) is 0 Å². The van der Waals surface area contributed by atoms with Crippen molar-refractivity contribution in [2.24, 2.45) is 0 Å². The summed E-state index contributed by atoms with van der Waals surface area (Å²) in [6.07, 6.45) is 1.54. The summed E-state index contributed by atoms with van der Waals surface area (Å²) in [7, 11) is 3.08. The lowest BCUT2D eigenvalue weighted by Gasteiger charge is -2.13. The Hall–Kier alpha value is -4.83. The van der Waals surface area contributed by atoms with Gasteiger partial charge in [0.2, 0.25) is 0 Å². The van der Waals surface area contributed by atoms with Crippen molar-refractivity contribution in [1.29, 1.82) is 0 Å². The first-order valence-corrected chi connectivity index (χ1v) is 13.2. The highest BCUT2D eigenvalue weighted by molar-refractivity contribution is 6.07. The third kappa shape index (κ3) is 7.43. The minimum absolute atomic E-state index is 0.0821. The highest BCUT2D eigenvalue weighted by atomic mass is 16.5. The van der Waals surface area contributed by atoms with Gasteiger partial charge in [-0.25, -0.2) is 0 Å². The fourth-order valence-corrected chi connectivity index (χ4v) is 4.32. The van der Waals surface area contributed by atoms with Crippen molar-refractivity contribution in [3.8, 4) is 11.5 Å². The zero-order valence-electron chi connectivity index (χ0n) is 23.3. The Labute approximate surface area is 237 Å². The number of carbonyl (C=O) groups is 2. The number of H-pyrrole nitrogens is 1. The number of rotatable bonds is 12. The van der Waals surface area contributed by atoms with Crippen LogP contribution in [-0.4, -0.2) is 50.8 Å². The number of hydrogen-bond donors (Lipinski definition) is 4. The van der Waals surface area contributed by atoms with Crippen LogP contribution in [0.15, 0.2) is 65.5 Å². The Balaban J connectivity index is 1.46. The maximum absolute atomic E-state index is 13.2. The van der Waals surface area contributed by atoms with E-state index in [0.29, 0.717) is 59.1 Å². The van der Waals surface area contributed by atoms with Crippen LogP contribution in [0.2, 0.25) is 0 Å². The van der Waals surface area contributed by atoms with E-state index in [1.54, 1.807) is 37.4 Å². The number of nitrogens with two attached hydrogens (primary N) is 1. The van der Waals surface area contributed by atoms with Gasteiger partial charge in [0.25, 0.3) is 17.4 Å². The monoisotopic (exact) mass is 558 g/mol. The third-order valence-corrected chi connectivity index (χ3v) is 6.54. The van der Waals surface area contributed by atoms with Gasteiger partial charge in [-0.3, -0.25) is 14.4 Å². The first-order chi connectivity index (χ1) is 19.8. The smallest absolute Gasteiger partial charge is 0.261 e. The normalized spacial score (nSPS) is 10.8. The number of aryl methyl sites for hydroxylation is 2. The van der Waals surface area contributed by atoms with Crippen LogP contribution in [0.1, 0.15) is 38.3 Å². The molecule has 0 aliphatic rings. The number of aromatic amines is 1. The van der Waals surface area contributed by atoms with Gasteiger partial charge in [0.15, 0.2) is 11.5 Å². The number of amides is 2. The minimum atomic E-state index is -0.603. The number of carbonyl (C=O) groups excluding carboxylic acids is 2. The lowest BCUT2D eigenvalue weighted by atomic mass is 10.1. The molecule has 0 atom stereocenters. The van der Waals surface area contributed by atoms with Crippen LogP contribution in [0.3, 0.4) is 0 Å². The molecule has 0 radical (unpaired) electrons. The van der Waals surface area contributed by atoms with Gasteiger partial charge in [-0.2, -0.15) is 0 Å². The van der Waals surface area contributed by atoms with Gasteiger partial charge in [-0.15, -0.1) is 0 Å². The standard InChI is InChI=1S/C31H34N4O6/c1-19-9-10-21(29(36)33-11-5-7-20-6-4-8-23(32)14-20)16-25(19)34-30(37)24-15-22-17-28(41-13-12-39-2)27(40-3)18-26(22)35-31(24)38/h4,6,8-10,14-18H,5,7,11-13,32H2,1-3H3,(H,33,36)(H,34,37)(H,35,38). The summed E-state index contributed by atoms with van der Waals surface area (Å²) in [5, 5.41) is 6.28. The fourth-order valence-electron chi connectivity index (χ4n) is 4.32. The Bertz CT molecular complexity index is 1610. The molecule has 2 amide bonds. The van der Waals surface area contributed by atoms with Crippen molar-refractivity contribution in [2.75, 3.05) is 45.0 Å². The Morgan fingerprint density at radius 3 is 2.54 bits per heavy atom. The molecule has 0 unspecified atom stereocenters. The van der Waals surface area contributed by atoms with E-state index < -0.39 is 11.5 Å². The summed E-state index contributed by atoms with van der Waals surface area (Å²) in [5.41, 5.74) is 9.06. The summed E-state index contributed by atoms with van der Waals surface area (Å²) < 4.78 is 16.1. The quantitative estimate of drug-likeness (QED) is 0.152. The molecule has 214 valence electrons.